The van der Waals surface area contributed by atoms with E-state index in [1.54, 1.807) is 19.1 Å². The van der Waals surface area contributed by atoms with Crippen molar-refractivity contribution in [2.24, 2.45) is 0 Å². The van der Waals surface area contributed by atoms with E-state index in [0.717, 1.165) is 25.7 Å². The summed E-state index contributed by atoms with van der Waals surface area (Å²) in [6.45, 7) is 2.27. The summed E-state index contributed by atoms with van der Waals surface area (Å²) in [6, 6.07) is 3.31. The molecule has 1 unspecified atom stereocenters. The highest BCUT2D eigenvalue weighted by molar-refractivity contribution is 6.30. The van der Waals surface area contributed by atoms with Crippen LogP contribution in [0.5, 0.6) is 0 Å². The number of ketones is 1. The first-order valence-electron chi connectivity index (χ1n) is 7.00. The van der Waals surface area contributed by atoms with E-state index in [1.807, 2.05) is 4.90 Å². The zero-order valence-corrected chi connectivity index (χ0v) is 12.4. The summed E-state index contributed by atoms with van der Waals surface area (Å²) in [4.78, 5) is 29.9. The van der Waals surface area contributed by atoms with Crippen LogP contribution in [0.15, 0.2) is 18.3 Å². The van der Waals surface area contributed by atoms with Gasteiger partial charge in [-0.1, -0.05) is 24.4 Å². The standard InChI is InChI=1S/C15H19ClN2O2/c1-11(19)9-13-5-3-2-4-8-18(13)15(20)14-7-6-12(16)10-17-14/h6-7,10,13H,2-5,8-9H2,1H3. The fraction of sp³-hybridized carbons (Fsp3) is 0.533. The number of halogens is 1. The van der Waals surface area contributed by atoms with Crippen LogP contribution in [-0.2, 0) is 4.79 Å². The Balaban J connectivity index is 2.18. The maximum absolute atomic E-state index is 12.6. The van der Waals surface area contributed by atoms with E-state index in [0.29, 0.717) is 23.7 Å². The number of rotatable bonds is 3. The number of Topliss-reactive ketones (excluding diaryl/α,β-unsaturated/α-hetero) is 1. The monoisotopic (exact) mass is 294 g/mol. The molecule has 4 nitrogen and oxygen atoms in total. The molecule has 1 aromatic heterocycles. The van der Waals surface area contributed by atoms with Crippen molar-refractivity contribution in [3.63, 3.8) is 0 Å². The van der Waals surface area contributed by atoms with E-state index in [4.69, 9.17) is 11.6 Å². The molecule has 1 amide bonds. The molecule has 1 aromatic rings. The first kappa shape index (κ1) is 15.0. The number of carbonyl (C=O) groups excluding carboxylic acids is 2. The minimum Gasteiger partial charge on any atom is -0.334 e. The Kier molecular flexibility index (Phi) is 5.12. The summed E-state index contributed by atoms with van der Waals surface area (Å²) in [5.41, 5.74) is 0.393. The van der Waals surface area contributed by atoms with Crippen LogP contribution in [0.25, 0.3) is 0 Å². The average Bonchev–Trinajstić information content (AvgIpc) is 2.63. The SMILES string of the molecule is CC(=O)CC1CCCCCN1C(=O)c1ccc(Cl)cn1. The minimum atomic E-state index is -0.102. The van der Waals surface area contributed by atoms with Crippen LogP contribution in [0.2, 0.25) is 5.02 Å². The van der Waals surface area contributed by atoms with E-state index < -0.39 is 0 Å². The number of hydrogen-bond donors (Lipinski definition) is 0. The van der Waals surface area contributed by atoms with Crippen molar-refractivity contribution in [3.8, 4) is 0 Å². The molecular formula is C15H19ClN2O2. The highest BCUT2D eigenvalue weighted by atomic mass is 35.5. The van der Waals surface area contributed by atoms with Gasteiger partial charge in [-0.05, 0) is 31.9 Å². The second-order valence-electron chi connectivity index (χ2n) is 5.27. The molecule has 2 rings (SSSR count). The second kappa shape index (κ2) is 6.84. The Labute approximate surface area is 124 Å². The lowest BCUT2D eigenvalue weighted by Crippen LogP contribution is -2.41. The van der Waals surface area contributed by atoms with Gasteiger partial charge in [0.1, 0.15) is 11.5 Å². The van der Waals surface area contributed by atoms with Crippen molar-refractivity contribution in [3.05, 3.63) is 29.0 Å². The number of amides is 1. The molecule has 1 aliphatic rings. The van der Waals surface area contributed by atoms with Gasteiger partial charge in [0.25, 0.3) is 5.91 Å². The van der Waals surface area contributed by atoms with Gasteiger partial charge >= 0.3 is 0 Å². The summed E-state index contributed by atoms with van der Waals surface area (Å²) in [5, 5.41) is 0.512. The van der Waals surface area contributed by atoms with Crippen molar-refractivity contribution in [2.75, 3.05) is 6.54 Å². The third-order valence-corrected chi connectivity index (χ3v) is 3.83. The second-order valence-corrected chi connectivity index (χ2v) is 5.71. The number of hydrogen-bond acceptors (Lipinski definition) is 3. The van der Waals surface area contributed by atoms with Crippen LogP contribution in [0.4, 0.5) is 0 Å². The topological polar surface area (TPSA) is 50.3 Å². The molecule has 1 fully saturated rings. The first-order valence-corrected chi connectivity index (χ1v) is 7.37. The van der Waals surface area contributed by atoms with E-state index >= 15 is 0 Å². The highest BCUT2D eigenvalue weighted by Gasteiger charge is 2.27. The number of aromatic nitrogens is 1. The molecule has 0 saturated carbocycles. The van der Waals surface area contributed by atoms with E-state index in [1.165, 1.54) is 6.20 Å². The van der Waals surface area contributed by atoms with Gasteiger partial charge in [0.05, 0.1) is 5.02 Å². The summed E-state index contributed by atoms with van der Waals surface area (Å²) in [6.07, 6.45) is 5.95. The molecule has 0 spiro atoms. The summed E-state index contributed by atoms with van der Waals surface area (Å²) >= 11 is 5.79. The van der Waals surface area contributed by atoms with Crippen LogP contribution >= 0.6 is 11.6 Å². The molecule has 0 aliphatic carbocycles. The van der Waals surface area contributed by atoms with Gasteiger partial charge in [0.15, 0.2) is 0 Å². The third-order valence-electron chi connectivity index (χ3n) is 3.61. The molecule has 0 bridgehead atoms. The number of nitrogens with zero attached hydrogens (tertiary/aromatic N) is 2. The van der Waals surface area contributed by atoms with Crippen LogP contribution in [-0.4, -0.2) is 34.2 Å². The van der Waals surface area contributed by atoms with Gasteiger partial charge in [-0.3, -0.25) is 9.59 Å². The number of pyridine rings is 1. The fourth-order valence-electron chi connectivity index (χ4n) is 2.64. The maximum atomic E-state index is 12.6. The van der Waals surface area contributed by atoms with Crippen LogP contribution < -0.4 is 0 Å². The molecule has 1 saturated heterocycles. The highest BCUT2D eigenvalue weighted by Crippen LogP contribution is 2.21. The summed E-state index contributed by atoms with van der Waals surface area (Å²) < 4.78 is 0. The minimum absolute atomic E-state index is 0.0000203. The predicted octanol–water partition coefficient (Wildman–Crippen LogP) is 3.10. The van der Waals surface area contributed by atoms with E-state index in [9.17, 15) is 9.59 Å². The normalized spacial score (nSPS) is 19.5. The largest absolute Gasteiger partial charge is 0.334 e. The molecule has 5 heteroatoms. The van der Waals surface area contributed by atoms with E-state index in [2.05, 4.69) is 4.98 Å². The first-order chi connectivity index (χ1) is 9.58. The smallest absolute Gasteiger partial charge is 0.272 e. The Morgan fingerprint density at radius 2 is 2.15 bits per heavy atom. The van der Waals surface area contributed by atoms with Crippen molar-refractivity contribution < 1.29 is 9.59 Å². The van der Waals surface area contributed by atoms with Gasteiger partial charge in [-0.2, -0.15) is 0 Å². The summed E-state index contributed by atoms with van der Waals surface area (Å²) in [7, 11) is 0. The van der Waals surface area contributed by atoms with Gasteiger partial charge in [-0.25, -0.2) is 4.98 Å². The number of likely N-dealkylation sites (tertiary alicyclic amines) is 1. The van der Waals surface area contributed by atoms with Crippen molar-refractivity contribution in [1.29, 1.82) is 0 Å². The van der Waals surface area contributed by atoms with Gasteiger partial charge in [-0.15, -0.1) is 0 Å². The fourth-order valence-corrected chi connectivity index (χ4v) is 2.75. The van der Waals surface area contributed by atoms with Crippen LogP contribution in [0.1, 0.15) is 49.5 Å². The number of carbonyl (C=O) groups is 2. The van der Waals surface area contributed by atoms with Gasteiger partial charge in [0.2, 0.25) is 0 Å². The molecular weight excluding hydrogens is 276 g/mol. The molecule has 0 aromatic carbocycles. The van der Waals surface area contributed by atoms with Gasteiger partial charge in [0, 0.05) is 25.2 Å². The Bertz CT molecular complexity index is 487. The van der Waals surface area contributed by atoms with E-state index in [-0.39, 0.29) is 17.7 Å². The van der Waals surface area contributed by atoms with Crippen molar-refractivity contribution >= 4 is 23.3 Å². The Morgan fingerprint density at radius 1 is 1.35 bits per heavy atom. The summed E-state index contributed by atoms with van der Waals surface area (Å²) in [5.74, 6) is 0.0218. The van der Waals surface area contributed by atoms with Gasteiger partial charge < -0.3 is 4.90 Å². The third kappa shape index (κ3) is 3.79. The zero-order valence-electron chi connectivity index (χ0n) is 11.6. The lowest BCUT2D eigenvalue weighted by atomic mass is 10.0. The molecule has 2 heterocycles. The van der Waals surface area contributed by atoms with Crippen molar-refractivity contribution in [2.45, 2.75) is 45.1 Å². The lowest BCUT2D eigenvalue weighted by molar-refractivity contribution is -0.118. The molecule has 1 atom stereocenters. The predicted molar refractivity (Wildman–Crippen MR) is 77.8 cm³/mol. The quantitative estimate of drug-likeness (QED) is 0.861. The average molecular weight is 295 g/mol. The lowest BCUT2D eigenvalue weighted by Gasteiger charge is -2.29. The Hall–Kier alpha value is -1.42. The molecule has 0 N–H and O–H groups in total. The van der Waals surface area contributed by atoms with Crippen LogP contribution in [0.3, 0.4) is 0 Å². The molecule has 0 radical (unpaired) electrons. The maximum Gasteiger partial charge on any atom is 0.272 e. The zero-order chi connectivity index (χ0) is 14.5. The van der Waals surface area contributed by atoms with Crippen LogP contribution in [0, 0.1) is 0 Å². The van der Waals surface area contributed by atoms with Crippen molar-refractivity contribution in [1.82, 2.24) is 9.88 Å². The molecule has 20 heavy (non-hydrogen) atoms. The molecule has 108 valence electrons. The molecule has 1 aliphatic heterocycles. The Morgan fingerprint density at radius 3 is 2.80 bits per heavy atom.